The van der Waals surface area contributed by atoms with Crippen molar-refractivity contribution in [2.75, 3.05) is 13.1 Å². The summed E-state index contributed by atoms with van der Waals surface area (Å²) in [7, 11) is -3.72. The first-order valence-corrected chi connectivity index (χ1v) is 9.24. The summed E-state index contributed by atoms with van der Waals surface area (Å²) in [6.07, 6.45) is -2.00. The van der Waals surface area contributed by atoms with Gasteiger partial charge in [0.05, 0.1) is 0 Å². The highest BCUT2D eigenvalue weighted by molar-refractivity contribution is 7.86. The second kappa shape index (κ2) is 5.50. The SMILES string of the molecule is NS(=O)(=O)N1CCC2(CC1)C[C@H]2c1noc(-c2conc2C(F)(F)F)n1. The van der Waals surface area contributed by atoms with E-state index >= 15 is 0 Å². The molecule has 1 atom stereocenters. The lowest BCUT2D eigenvalue weighted by Gasteiger charge is -2.30. The van der Waals surface area contributed by atoms with E-state index in [1.54, 1.807) is 0 Å². The molecule has 2 aromatic heterocycles. The Morgan fingerprint density at radius 1 is 1.27 bits per heavy atom. The maximum atomic E-state index is 12.9. The molecule has 3 heterocycles. The van der Waals surface area contributed by atoms with Crippen LogP contribution in [0.5, 0.6) is 0 Å². The van der Waals surface area contributed by atoms with Crippen LogP contribution in [0.1, 0.15) is 36.7 Å². The van der Waals surface area contributed by atoms with Gasteiger partial charge in [0, 0.05) is 19.0 Å². The van der Waals surface area contributed by atoms with Gasteiger partial charge in [0.2, 0.25) is 0 Å². The normalized spacial score (nSPS) is 23.5. The first-order chi connectivity index (χ1) is 12.1. The Morgan fingerprint density at radius 2 is 1.96 bits per heavy atom. The molecule has 142 valence electrons. The summed E-state index contributed by atoms with van der Waals surface area (Å²) in [5.41, 5.74) is -1.79. The van der Waals surface area contributed by atoms with Crippen LogP contribution in [0.3, 0.4) is 0 Å². The highest BCUT2D eigenvalue weighted by Crippen LogP contribution is 2.64. The molecule has 2 N–H and O–H groups in total. The number of nitrogens with zero attached hydrogens (tertiary/aromatic N) is 4. The molecule has 0 bridgehead atoms. The van der Waals surface area contributed by atoms with E-state index in [2.05, 4.69) is 19.8 Å². The number of nitrogens with two attached hydrogens (primary N) is 1. The summed E-state index contributed by atoms with van der Waals surface area (Å²) in [6.45, 7) is 0.591. The van der Waals surface area contributed by atoms with Gasteiger partial charge in [0.15, 0.2) is 11.5 Å². The molecule has 0 unspecified atom stereocenters. The van der Waals surface area contributed by atoms with Gasteiger partial charge in [-0.3, -0.25) is 0 Å². The van der Waals surface area contributed by atoms with Gasteiger partial charge in [0.25, 0.3) is 16.1 Å². The molecule has 1 spiro atoms. The van der Waals surface area contributed by atoms with Crippen LogP contribution < -0.4 is 5.14 Å². The Kier molecular flexibility index (Phi) is 3.69. The summed E-state index contributed by atoms with van der Waals surface area (Å²) in [5, 5.41) is 11.9. The van der Waals surface area contributed by atoms with E-state index in [-0.39, 0.29) is 17.2 Å². The van der Waals surface area contributed by atoms with E-state index < -0.39 is 27.6 Å². The van der Waals surface area contributed by atoms with E-state index in [9.17, 15) is 21.6 Å². The van der Waals surface area contributed by atoms with Crippen molar-refractivity contribution in [1.82, 2.24) is 19.6 Å². The lowest BCUT2D eigenvalue weighted by atomic mass is 9.92. The van der Waals surface area contributed by atoms with Gasteiger partial charge >= 0.3 is 6.18 Å². The summed E-state index contributed by atoms with van der Waals surface area (Å²) < 4.78 is 72.0. The number of hydrogen-bond donors (Lipinski definition) is 1. The van der Waals surface area contributed by atoms with E-state index in [0.29, 0.717) is 31.8 Å². The summed E-state index contributed by atoms with van der Waals surface area (Å²) in [5.74, 6) is -0.0900. The monoisotopic (exact) mass is 393 g/mol. The average Bonchev–Trinajstić information content (AvgIpc) is 2.98. The standard InChI is InChI=1S/C13H14F3N5O4S/c14-13(15,16)9-7(6-24-19-9)11-18-10(20-25-11)8-5-12(8)1-3-21(4-2-12)26(17,22)23/h6,8H,1-5H2,(H2,17,22,23)/t8-/m0/s1. The molecule has 9 nitrogen and oxygen atoms in total. The van der Waals surface area contributed by atoms with Crippen LogP contribution in [-0.4, -0.2) is 41.1 Å². The average molecular weight is 393 g/mol. The molecule has 4 rings (SSSR count). The van der Waals surface area contributed by atoms with Crippen LogP contribution in [0.2, 0.25) is 0 Å². The zero-order chi connectivity index (χ0) is 18.7. The van der Waals surface area contributed by atoms with Gasteiger partial charge in [-0.15, -0.1) is 0 Å². The lowest BCUT2D eigenvalue weighted by Crippen LogP contribution is -2.43. The van der Waals surface area contributed by atoms with Crippen molar-refractivity contribution in [3.63, 3.8) is 0 Å². The van der Waals surface area contributed by atoms with Crippen LogP contribution in [0.25, 0.3) is 11.5 Å². The van der Waals surface area contributed by atoms with Crippen molar-refractivity contribution < 1.29 is 30.6 Å². The number of alkyl halides is 3. The molecular formula is C13H14F3N5O4S. The second-order valence-electron chi connectivity index (χ2n) is 6.60. The Balaban J connectivity index is 1.50. The van der Waals surface area contributed by atoms with Gasteiger partial charge < -0.3 is 9.05 Å². The number of halogens is 3. The predicted octanol–water partition coefficient (Wildman–Crippen LogP) is 1.52. The Hall–Kier alpha value is -1.99. The third-order valence-electron chi connectivity index (χ3n) is 5.09. The van der Waals surface area contributed by atoms with Crippen LogP contribution in [-0.2, 0) is 16.4 Å². The van der Waals surface area contributed by atoms with Crippen molar-refractivity contribution >= 4 is 10.2 Å². The smallest absolute Gasteiger partial charge is 0.363 e. The zero-order valence-electron chi connectivity index (χ0n) is 13.2. The first kappa shape index (κ1) is 17.4. The van der Waals surface area contributed by atoms with Crippen LogP contribution in [0.15, 0.2) is 15.3 Å². The van der Waals surface area contributed by atoms with Crippen LogP contribution in [0, 0.1) is 5.41 Å². The topological polar surface area (TPSA) is 128 Å². The van der Waals surface area contributed by atoms with Crippen molar-refractivity contribution in [2.24, 2.45) is 10.6 Å². The van der Waals surface area contributed by atoms with Crippen molar-refractivity contribution in [1.29, 1.82) is 0 Å². The number of rotatable bonds is 3. The van der Waals surface area contributed by atoms with Crippen LogP contribution in [0.4, 0.5) is 13.2 Å². The largest absolute Gasteiger partial charge is 0.437 e. The van der Waals surface area contributed by atoms with Crippen molar-refractivity contribution in [2.45, 2.75) is 31.4 Å². The molecule has 26 heavy (non-hydrogen) atoms. The van der Waals surface area contributed by atoms with E-state index in [0.717, 1.165) is 12.7 Å². The van der Waals surface area contributed by atoms with Crippen molar-refractivity contribution in [3.8, 4) is 11.5 Å². The lowest BCUT2D eigenvalue weighted by molar-refractivity contribution is -0.142. The molecule has 2 aliphatic rings. The third kappa shape index (κ3) is 2.89. The van der Waals surface area contributed by atoms with E-state index in [4.69, 9.17) is 9.66 Å². The number of piperidine rings is 1. The molecule has 1 saturated heterocycles. The molecule has 13 heteroatoms. The molecule has 1 saturated carbocycles. The van der Waals surface area contributed by atoms with Gasteiger partial charge in [-0.1, -0.05) is 10.3 Å². The fourth-order valence-electron chi connectivity index (χ4n) is 3.53. The van der Waals surface area contributed by atoms with Gasteiger partial charge in [-0.2, -0.15) is 30.9 Å². The molecule has 1 aliphatic heterocycles. The van der Waals surface area contributed by atoms with Crippen LogP contribution >= 0.6 is 0 Å². The second-order valence-corrected chi connectivity index (χ2v) is 8.14. The Morgan fingerprint density at radius 3 is 2.58 bits per heavy atom. The molecular weight excluding hydrogens is 379 g/mol. The highest BCUT2D eigenvalue weighted by atomic mass is 32.2. The summed E-state index contributed by atoms with van der Waals surface area (Å²) >= 11 is 0. The Labute approximate surface area is 145 Å². The molecule has 0 aromatic carbocycles. The minimum absolute atomic E-state index is 0.0863. The predicted molar refractivity (Wildman–Crippen MR) is 78.5 cm³/mol. The van der Waals surface area contributed by atoms with E-state index in [1.165, 1.54) is 4.31 Å². The van der Waals surface area contributed by atoms with Crippen molar-refractivity contribution in [3.05, 3.63) is 17.8 Å². The molecule has 1 aliphatic carbocycles. The van der Waals surface area contributed by atoms with Gasteiger partial charge in [-0.25, -0.2) is 5.14 Å². The zero-order valence-corrected chi connectivity index (χ0v) is 14.0. The summed E-state index contributed by atoms with van der Waals surface area (Å²) in [6, 6.07) is 0. The quantitative estimate of drug-likeness (QED) is 0.837. The molecule has 0 radical (unpaired) electrons. The van der Waals surface area contributed by atoms with Gasteiger partial charge in [0.1, 0.15) is 11.8 Å². The third-order valence-corrected chi connectivity index (χ3v) is 6.17. The minimum Gasteiger partial charge on any atom is -0.363 e. The maximum absolute atomic E-state index is 12.9. The molecule has 2 fully saturated rings. The first-order valence-electron chi connectivity index (χ1n) is 7.74. The highest BCUT2D eigenvalue weighted by Gasteiger charge is 2.58. The fraction of sp³-hybridized carbons (Fsp3) is 0.615. The Bertz CT molecular complexity index is 930. The van der Waals surface area contributed by atoms with E-state index in [1.807, 2.05) is 0 Å². The minimum atomic E-state index is -4.70. The maximum Gasteiger partial charge on any atom is 0.437 e. The summed E-state index contributed by atoms with van der Waals surface area (Å²) in [4.78, 5) is 4.07. The number of aromatic nitrogens is 3. The molecule has 2 aromatic rings. The number of hydrogen-bond acceptors (Lipinski definition) is 7. The molecule has 0 amide bonds. The van der Waals surface area contributed by atoms with Gasteiger partial charge in [-0.05, 0) is 24.7 Å². The fourth-order valence-corrected chi connectivity index (χ4v) is 4.22.